The highest BCUT2D eigenvalue weighted by Gasteiger charge is 2.37. The van der Waals surface area contributed by atoms with Crippen molar-refractivity contribution in [3.63, 3.8) is 0 Å². The molecule has 0 spiro atoms. The zero-order valence-corrected chi connectivity index (χ0v) is 25.7. The molecule has 4 heterocycles. The van der Waals surface area contributed by atoms with E-state index in [0.29, 0.717) is 40.9 Å². The van der Waals surface area contributed by atoms with Crippen LogP contribution < -0.4 is 28.7 Å². The zero-order valence-electron chi connectivity index (χ0n) is 25.7. The monoisotopic (exact) mass is 596 g/mol. The van der Waals surface area contributed by atoms with Crippen LogP contribution in [0.1, 0.15) is 45.5 Å². The van der Waals surface area contributed by atoms with Crippen LogP contribution in [0.15, 0.2) is 60.7 Å². The summed E-state index contributed by atoms with van der Waals surface area (Å²) in [6.07, 6.45) is 3.25. The molecule has 4 aliphatic heterocycles. The standard InChI is InChI=1S/C36H38N2O6/c1-37-13-11-23-18-31(41-3)32-20-26(23)27(37)15-21-5-8-25(9-6-21)43-30-17-22(7-10-29(30)39)16-28-34-24(12-14-38(28)2)19-33(42-4)35(40)36(34)44-32/h5-10,17-20,27-28,39-40H,11-16H2,1-4H3/p+2/t27-,28+/m1/s1. The highest BCUT2D eigenvalue weighted by atomic mass is 16.5. The van der Waals surface area contributed by atoms with E-state index in [2.05, 4.69) is 38.4 Å². The first-order valence-corrected chi connectivity index (χ1v) is 15.4. The minimum Gasteiger partial charge on any atom is -0.504 e. The number of benzene rings is 4. The summed E-state index contributed by atoms with van der Waals surface area (Å²) in [6, 6.07) is 20.0. The molecule has 6 bridgehead atoms. The highest BCUT2D eigenvalue weighted by molar-refractivity contribution is 5.62. The van der Waals surface area contributed by atoms with E-state index in [1.807, 2.05) is 30.3 Å². The number of rotatable bonds is 2. The number of quaternary nitrogens is 2. The van der Waals surface area contributed by atoms with Gasteiger partial charge in [-0.05, 0) is 64.7 Å². The predicted molar refractivity (Wildman–Crippen MR) is 166 cm³/mol. The van der Waals surface area contributed by atoms with Crippen LogP contribution in [0.25, 0.3) is 0 Å². The summed E-state index contributed by atoms with van der Waals surface area (Å²) in [7, 11) is 7.65. The lowest BCUT2D eigenvalue weighted by atomic mass is 9.87. The van der Waals surface area contributed by atoms with E-state index in [1.165, 1.54) is 26.5 Å². The van der Waals surface area contributed by atoms with Gasteiger partial charge in [0.05, 0.1) is 47.0 Å². The Balaban J connectivity index is 1.45. The van der Waals surface area contributed by atoms with E-state index in [4.69, 9.17) is 18.9 Å². The first kappa shape index (κ1) is 28.4. The maximum Gasteiger partial charge on any atom is 0.201 e. The third kappa shape index (κ3) is 4.98. The van der Waals surface area contributed by atoms with Crippen LogP contribution in [-0.4, -0.2) is 51.6 Å². The Morgan fingerprint density at radius 2 is 1.36 bits per heavy atom. The molecule has 8 nitrogen and oxygen atoms in total. The fourth-order valence-corrected chi connectivity index (χ4v) is 7.19. The Labute approximate surface area is 258 Å². The lowest BCUT2D eigenvalue weighted by Crippen LogP contribution is -3.10. The molecule has 228 valence electrons. The van der Waals surface area contributed by atoms with Crippen molar-refractivity contribution >= 4 is 0 Å². The van der Waals surface area contributed by atoms with Crippen LogP contribution >= 0.6 is 0 Å². The molecule has 4 atom stereocenters. The molecule has 0 amide bonds. The van der Waals surface area contributed by atoms with Crippen LogP contribution in [0.2, 0.25) is 0 Å². The van der Waals surface area contributed by atoms with Gasteiger partial charge in [0.2, 0.25) is 5.75 Å². The molecule has 0 radical (unpaired) electrons. The van der Waals surface area contributed by atoms with E-state index in [1.54, 1.807) is 20.3 Å². The topological polar surface area (TPSA) is 86.3 Å². The Morgan fingerprint density at radius 3 is 2.11 bits per heavy atom. The third-order valence-electron chi connectivity index (χ3n) is 9.75. The molecule has 8 rings (SSSR count). The van der Waals surface area contributed by atoms with Crippen LogP contribution in [0.4, 0.5) is 0 Å². The van der Waals surface area contributed by atoms with Crippen LogP contribution in [0.5, 0.6) is 46.0 Å². The number of fused-ring (bicyclic) bond motifs is 2. The quantitative estimate of drug-likeness (QED) is 0.282. The number of hydrogen-bond donors (Lipinski definition) is 4. The van der Waals surface area contributed by atoms with Crippen LogP contribution in [-0.2, 0) is 25.7 Å². The number of ether oxygens (including phenoxy) is 4. The fourth-order valence-electron chi connectivity index (χ4n) is 7.19. The van der Waals surface area contributed by atoms with Crippen molar-refractivity contribution in [3.05, 3.63) is 94.0 Å². The van der Waals surface area contributed by atoms with E-state index in [9.17, 15) is 10.2 Å². The molecular formula is C36H40N2O6+2. The van der Waals surface area contributed by atoms with Crippen molar-refractivity contribution < 1.29 is 39.0 Å². The lowest BCUT2D eigenvalue weighted by molar-refractivity contribution is -0.914. The van der Waals surface area contributed by atoms with Gasteiger partial charge in [-0.3, -0.25) is 0 Å². The Morgan fingerprint density at radius 1 is 0.705 bits per heavy atom. The molecule has 4 aliphatic rings. The molecule has 0 saturated heterocycles. The summed E-state index contributed by atoms with van der Waals surface area (Å²) < 4.78 is 24.5. The number of likely N-dealkylation sites (N-methyl/N-ethyl adjacent to an activating group) is 2. The zero-order chi connectivity index (χ0) is 30.5. The smallest absolute Gasteiger partial charge is 0.201 e. The van der Waals surface area contributed by atoms with Gasteiger partial charge in [0, 0.05) is 31.2 Å². The second-order valence-corrected chi connectivity index (χ2v) is 12.4. The van der Waals surface area contributed by atoms with Crippen molar-refractivity contribution in [2.75, 3.05) is 41.4 Å². The Bertz CT molecular complexity index is 1720. The van der Waals surface area contributed by atoms with Crippen LogP contribution in [0.3, 0.4) is 0 Å². The summed E-state index contributed by atoms with van der Waals surface area (Å²) in [5.74, 6) is 3.18. The second kappa shape index (κ2) is 11.3. The van der Waals surface area contributed by atoms with Gasteiger partial charge >= 0.3 is 0 Å². The molecule has 4 aromatic carbocycles. The fraction of sp³-hybridized carbons (Fsp3) is 0.333. The first-order valence-electron chi connectivity index (χ1n) is 15.4. The summed E-state index contributed by atoms with van der Waals surface area (Å²) >= 11 is 0. The third-order valence-corrected chi connectivity index (χ3v) is 9.75. The maximum atomic E-state index is 11.6. The van der Waals surface area contributed by atoms with Gasteiger partial charge < -0.3 is 39.0 Å². The normalized spacial score (nSPS) is 22.1. The van der Waals surface area contributed by atoms with E-state index in [0.717, 1.165) is 49.0 Å². The molecule has 2 unspecified atom stereocenters. The minimum absolute atomic E-state index is 0.0197. The van der Waals surface area contributed by atoms with Gasteiger partial charge in [0.15, 0.2) is 34.5 Å². The lowest BCUT2D eigenvalue weighted by Gasteiger charge is -2.34. The number of phenolic OH excluding ortho intramolecular Hbond substituents is 2. The molecule has 0 fully saturated rings. The summed E-state index contributed by atoms with van der Waals surface area (Å²) in [4.78, 5) is 2.73. The van der Waals surface area contributed by atoms with Gasteiger partial charge in [0.1, 0.15) is 17.8 Å². The number of phenols is 2. The summed E-state index contributed by atoms with van der Waals surface area (Å²) in [5.41, 5.74) is 6.73. The molecule has 0 saturated carbocycles. The van der Waals surface area contributed by atoms with Crippen molar-refractivity contribution in [2.24, 2.45) is 0 Å². The van der Waals surface area contributed by atoms with Crippen molar-refractivity contribution in [2.45, 2.75) is 37.8 Å². The number of hydrogen-bond acceptors (Lipinski definition) is 6. The van der Waals surface area contributed by atoms with E-state index < -0.39 is 0 Å². The van der Waals surface area contributed by atoms with Crippen molar-refractivity contribution in [1.82, 2.24) is 0 Å². The van der Waals surface area contributed by atoms with Gasteiger partial charge in [-0.15, -0.1) is 0 Å². The maximum absolute atomic E-state index is 11.6. The highest BCUT2D eigenvalue weighted by Crippen LogP contribution is 2.49. The van der Waals surface area contributed by atoms with E-state index >= 15 is 0 Å². The molecule has 4 N–H and O–H groups in total. The van der Waals surface area contributed by atoms with Gasteiger partial charge in [0.25, 0.3) is 0 Å². The Kier molecular flexibility index (Phi) is 7.26. The van der Waals surface area contributed by atoms with Crippen LogP contribution in [0, 0.1) is 0 Å². The molecular weight excluding hydrogens is 556 g/mol. The molecule has 8 heteroatoms. The average molecular weight is 597 g/mol. The number of aromatic hydroxyl groups is 2. The SMILES string of the molecule is COc1cc2c3cc1Oc1c(O)c(OC)cc4c1[C@H](Cc1ccc(O)c(c1)Oc1ccc(cc1)C[C@H]3[NH+](C)CC2)[NH+](C)CC4. The number of nitrogens with one attached hydrogen (secondary N) is 2. The average Bonchev–Trinajstić information content (AvgIpc) is 3.03. The van der Waals surface area contributed by atoms with Gasteiger partial charge in [-0.2, -0.15) is 0 Å². The van der Waals surface area contributed by atoms with Gasteiger partial charge in [-0.25, -0.2) is 0 Å². The summed E-state index contributed by atoms with van der Waals surface area (Å²) in [6.45, 7) is 1.93. The predicted octanol–water partition coefficient (Wildman–Crippen LogP) is 3.72. The molecule has 4 aromatic rings. The number of methoxy groups -OCH3 is 2. The molecule has 0 aliphatic carbocycles. The second-order valence-electron chi connectivity index (χ2n) is 12.4. The molecule has 0 aromatic heterocycles. The largest absolute Gasteiger partial charge is 0.504 e. The van der Waals surface area contributed by atoms with E-state index in [-0.39, 0.29) is 23.6 Å². The first-order chi connectivity index (χ1) is 21.3. The summed E-state index contributed by atoms with van der Waals surface area (Å²) in [5, 5.41) is 22.3. The van der Waals surface area contributed by atoms with Crippen molar-refractivity contribution in [3.8, 4) is 46.0 Å². The van der Waals surface area contributed by atoms with Crippen molar-refractivity contribution in [1.29, 1.82) is 0 Å². The Hall–Kier alpha value is -4.40. The van der Waals surface area contributed by atoms with Gasteiger partial charge in [-0.1, -0.05) is 18.2 Å². The molecule has 44 heavy (non-hydrogen) atoms. The minimum atomic E-state index is -0.0342.